The largest absolute Gasteiger partial charge is 0.234 e. The minimum Gasteiger partial charge on any atom is -0.195 e. The SMILES string of the molecule is CC(C)CC1(CC(C)C)OO1. The van der Waals surface area contributed by atoms with Crippen LogP contribution < -0.4 is 0 Å². The maximum absolute atomic E-state index is 5.02. The molecule has 0 aliphatic carbocycles. The van der Waals surface area contributed by atoms with Crippen molar-refractivity contribution in [3.8, 4) is 0 Å². The summed E-state index contributed by atoms with van der Waals surface area (Å²) in [4.78, 5) is 10.0. The van der Waals surface area contributed by atoms with E-state index < -0.39 is 0 Å². The Morgan fingerprint density at radius 1 is 0.909 bits per heavy atom. The van der Waals surface area contributed by atoms with Crippen LogP contribution in [0.4, 0.5) is 0 Å². The molecule has 0 unspecified atom stereocenters. The van der Waals surface area contributed by atoms with Gasteiger partial charge in [0.1, 0.15) is 0 Å². The van der Waals surface area contributed by atoms with E-state index in [1.807, 2.05) is 0 Å². The second-order valence-corrected chi connectivity index (χ2v) is 4.27. The zero-order valence-corrected chi connectivity index (χ0v) is 7.89. The van der Waals surface area contributed by atoms with Gasteiger partial charge in [0.15, 0.2) is 0 Å². The van der Waals surface area contributed by atoms with E-state index in [0.29, 0.717) is 11.8 Å². The second kappa shape index (κ2) is 3.11. The summed E-state index contributed by atoms with van der Waals surface area (Å²) in [6, 6.07) is 0. The third kappa shape index (κ3) is 2.80. The van der Waals surface area contributed by atoms with Gasteiger partial charge in [0, 0.05) is 12.8 Å². The van der Waals surface area contributed by atoms with Crippen molar-refractivity contribution in [2.24, 2.45) is 11.8 Å². The van der Waals surface area contributed by atoms with Gasteiger partial charge in [-0.1, -0.05) is 27.7 Å². The first-order valence-corrected chi connectivity index (χ1v) is 4.41. The molecule has 1 rings (SSSR count). The zero-order valence-electron chi connectivity index (χ0n) is 7.89. The van der Waals surface area contributed by atoms with E-state index in [1.54, 1.807) is 0 Å². The lowest BCUT2D eigenvalue weighted by atomic mass is 9.96. The quantitative estimate of drug-likeness (QED) is 0.464. The lowest BCUT2D eigenvalue weighted by molar-refractivity contribution is 0.0850. The molecule has 66 valence electrons. The van der Waals surface area contributed by atoms with Crippen LogP contribution in [0.2, 0.25) is 0 Å². The molecule has 0 bridgehead atoms. The first kappa shape index (κ1) is 9.01. The summed E-state index contributed by atoms with van der Waals surface area (Å²) in [7, 11) is 0. The van der Waals surface area contributed by atoms with Gasteiger partial charge in [-0.25, -0.2) is 0 Å². The molecule has 0 spiro atoms. The van der Waals surface area contributed by atoms with E-state index in [0.717, 1.165) is 12.8 Å². The van der Waals surface area contributed by atoms with Crippen LogP contribution in [0.5, 0.6) is 0 Å². The molecule has 1 saturated heterocycles. The molecule has 0 aromatic heterocycles. The molecular formula is C9H18O2. The third-order valence-corrected chi connectivity index (χ3v) is 1.76. The Hall–Kier alpha value is -0.0800. The molecule has 0 saturated carbocycles. The highest BCUT2D eigenvalue weighted by Gasteiger charge is 2.49. The van der Waals surface area contributed by atoms with Crippen molar-refractivity contribution in [2.75, 3.05) is 0 Å². The lowest BCUT2D eigenvalue weighted by Gasteiger charge is -2.11. The van der Waals surface area contributed by atoms with Crippen molar-refractivity contribution in [1.82, 2.24) is 0 Å². The minimum atomic E-state index is -0.206. The molecule has 1 fully saturated rings. The van der Waals surface area contributed by atoms with Crippen LogP contribution in [0.1, 0.15) is 40.5 Å². The molecule has 1 aliphatic heterocycles. The second-order valence-electron chi connectivity index (χ2n) is 4.27. The van der Waals surface area contributed by atoms with Gasteiger partial charge in [-0.05, 0) is 11.8 Å². The molecule has 1 aliphatic rings. The molecular weight excluding hydrogens is 140 g/mol. The van der Waals surface area contributed by atoms with Crippen molar-refractivity contribution < 1.29 is 9.78 Å². The Bertz CT molecular complexity index is 114. The molecule has 0 aromatic carbocycles. The Morgan fingerprint density at radius 3 is 1.45 bits per heavy atom. The monoisotopic (exact) mass is 158 g/mol. The fourth-order valence-electron chi connectivity index (χ4n) is 1.52. The van der Waals surface area contributed by atoms with Gasteiger partial charge in [-0.3, -0.25) is 0 Å². The van der Waals surface area contributed by atoms with E-state index in [2.05, 4.69) is 27.7 Å². The Morgan fingerprint density at radius 2 is 1.27 bits per heavy atom. The Balaban J connectivity index is 2.29. The Kier molecular flexibility index (Phi) is 2.55. The molecule has 1 heterocycles. The highest BCUT2D eigenvalue weighted by Crippen LogP contribution is 2.41. The maximum Gasteiger partial charge on any atom is 0.234 e. The molecule has 0 N–H and O–H groups in total. The van der Waals surface area contributed by atoms with Gasteiger partial charge < -0.3 is 0 Å². The summed E-state index contributed by atoms with van der Waals surface area (Å²) < 4.78 is 0. The first-order chi connectivity index (χ1) is 5.04. The standard InChI is InChI=1S/C9H18O2/c1-7(2)5-9(10-11-9)6-8(3)4/h7-8H,5-6H2,1-4H3. The summed E-state index contributed by atoms with van der Waals surface area (Å²) in [6.45, 7) is 8.75. The molecule has 0 radical (unpaired) electrons. The van der Waals surface area contributed by atoms with Crippen molar-refractivity contribution in [1.29, 1.82) is 0 Å². The van der Waals surface area contributed by atoms with E-state index in [1.165, 1.54) is 0 Å². The first-order valence-electron chi connectivity index (χ1n) is 4.41. The van der Waals surface area contributed by atoms with Gasteiger partial charge in [0.05, 0.1) is 0 Å². The van der Waals surface area contributed by atoms with Crippen molar-refractivity contribution in [2.45, 2.75) is 46.3 Å². The van der Waals surface area contributed by atoms with Crippen LogP contribution in [0.15, 0.2) is 0 Å². The van der Waals surface area contributed by atoms with Gasteiger partial charge in [0.25, 0.3) is 0 Å². The van der Waals surface area contributed by atoms with E-state index >= 15 is 0 Å². The third-order valence-electron chi connectivity index (χ3n) is 1.76. The lowest BCUT2D eigenvalue weighted by Crippen LogP contribution is -2.16. The van der Waals surface area contributed by atoms with Gasteiger partial charge in [0.2, 0.25) is 5.79 Å². The smallest absolute Gasteiger partial charge is 0.195 e. The topological polar surface area (TPSA) is 25.1 Å². The molecule has 0 atom stereocenters. The average molecular weight is 158 g/mol. The van der Waals surface area contributed by atoms with Crippen LogP contribution in [-0.4, -0.2) is 5.79 Å². The van der Waals surface area contributed by atoms with Crippen LogP contribution in [0, 0.1) is 11.8 Å². The van der Waals surface area contributed by atoms with Crippen LogP contribution >= 0.6 is 0 Å². The highest BCUT2D eigenvalue weighted by molar-refractivity contribution is 4.76. The van der Waals surface area contributed by atoms with Gasteiger partial charge in [-0.2, -0.15) is 9.78 Å². The van der Waals surface area contributed by atoms with Crippen molar-refractivity contribution in [3.05, 3.63) is 0 Å². The molecule has 0 amide bonds. The number of hydrogen-bond donors (Lipinski definition) is 0. The van der Waals surface area contributed by atoms with Crippen LogP contribution in [-0.2, 0) is 9.78 Å². The number of rotatable bonds is 4. The van der Waals surface area contributed by atoms with Gasteiger partial charge in [-0.15, -0.1) is 0 Å². The van der Waals surface area contributed by atoms with Crippen molar-refractivity contribution >= 4 is 0 Å². The number of hydrogen-bond acceptors (Lipinski definition) is 2. The van der Waals surface area contributed by atoms with E-state index in [9.17, 15) is 0 Å². The zero-order chi connectivity index (χ0) is 8.48. The molecule has 11 heavy (non-hydrogen) atoms. The minimum absolute atomic E-state index is 0.206. The molecule has 2 heteroatoms. The summed E-state index contributed by atoms with van der Waals surface area (Å²) in [6.07, 6.45) is 2.04. The molecule has 0 aromatic rings. The fourth-order valence-corrected chi connectivity index (χ4v) is 1.52. The van der Waals surface area contributed by atoms with Gasteiger partial charge >= 0.3 is 0 Å². The average Bonchev–Trinajstić information content (AvgIpc) is 2.43. The predicted molar refractivity (Wildman–Crippen MR) is 43.8 cm³/mol. The van der Waals surface area contributed by atoms with Crippen LogP contribution in [0.25, 0.3) is 0 Å². The Labute approximate surface area is 68.8 Å². The predicted octanol–water partition coefficient (Wildman–Crippen LogP) is 2.74. The van der Waals surface area contributed by atoms with E-state index in [-0.39, 0.29) is 5.79 Å². The summed E-state index contributed by atoms with van der Waals surface area (Å²) in [5, 5.41) is 0. The van der Waals surface area contributed by atoms with E-state index in [4.69, 9.17) is 9.78 Å². The normalized spacial score (nSPS) is 21.3. The molecule has 2 nitrogen and oxygen atoms in total. The summed E-state index contributed by atoms with van der Waals surface area (Å²) in [5.41, 5.74) is 0. The van der Waals surface area contributed by atoms with Crippen LogP contribution in [0.3, 0.4) is 0 Å². The highest BCUT2D eigenvalue weighted by atomic mass is 17.4. The fraction of sp³-hybridized carbons (Fsp3) is 1.00. The maximum atomic E-state index is 5.02. The summed E-state index contributed by atoms with van der Waals surface area (Å²) in [5.74, 6) is 1.09. The van der Waals surface area contributed by atoms with Crippen molar-refractivity contribution in [3.63, 3.8) is 0 Å². The summed E-state index contributed by atoms with van der Waals surface area (Å²) >= 11 is 0.